The fraction of sp³-hybridized carbons (Fsp3) is 0.889. The SMILES string of the molecule is CC1(C)CC[C@H](O)[C@@H](C(=O)NN)C1. The average Bonchev–Trinajstić information content (AvgIpc) is 2.08. The van der Waals surface area contributed by atoms with Crippen LogP contribution in [0.2, 0.25) is 0 Å². The Morgan fingerprint density at radius 1 is 1.62 bits per heavy atom. The predicted molar refractivity (Wildman–Crippen MR) is 49.5 cm³/mol. The molecule has 0 spiro atoms. The van der Waals surface area contributed by atoms with E-state index in [9.17, 15) is 9.90 Å². The first-order valence-corrected chi connectivity index (χ1v) is 4.65. The lowest BCUT2D eigenvalue weighted by Gasteiger charge is -2.37. The van der Waals surface area contributed by atoms with Gasteiger partial charge < -0.3 is 5.11 Å². The first-order chi connectivity index (χ1) is 5.96. The number of aliphatic hydroxyl groups excluding tert-OH is 1. The lowest BCUT2D eigenvalue weighted by Crippen LogP contribution is -2.45. The van der Waals surface area contributed by atoms with Crippen LogP contribution in [0.15, 0.2) is 0 Å². The van der Waals surface area contributed by atoms with E-state index in [4.69, 9.17) is 5.84 Å². The molecule has 0 radical (unpaired) electrons. The van der Waals surface area contributed by atoms with Gasteiger partial charge in [0.1, 0.15) is 0 Å². The topological polar surface area (TPSA) is 75.3 Å². The Balaban J connectivity index is 2.65. The number of hydrazine groups is 1. The standard InChI is InChI=1S/C9H18N2O2/c1-9(2)4-3-7(12)6(5-9)8(13)11-10/h6-7,12H,3-5,10H2,1-2H3,(H,11,13)/t6-,7-/m0/s1. The second kappa shape index (κ2) is 3.64. The molecule has 1 saturated carbocycles. The van der Waals surface area contributed by atoms with Gasteiger partial charge in [-0.05, 0) is 24.7 Å². The molecular formula is C9H18N2O2. The minimum atomic E-state index is -0.531. The Morgan fingerprint density at radius 2 is 2.23 bits per heavy atom. The van der Waals surface area contributed by atoms with E-state index >= 15 is 0 Å². The van der Waals surface area contributed by atoms with Crippen molar-refractivity contribution in [2.45, 2.75) is 39.2 Å². The number of hydrogen-bond donors (Lipinski definition) is 3. The molecule has 0 bridgehead atoms. The van der Waals surface area contributed by atoms with Gasteiger partial charge in [0.25, 0.3) is 0 Å². The van der Waals surface area contributed by atoms with E-state index in [1.165, 1.54) is 0 Å². The van der Waals surface area contributed by atoms with E-state index in [1.54, 1.807) is 0 Å². The van der Waals surface area contributed by atoms with Crippen molar-refractivity contribution in [3.05, 3.63) is 0 Å². The number of rotatable bonds is 1. The molecule has 13 heavy (non-hydrogen) atoms. The van der Waals surface area contributed by atoms with E-state index in [0.29, 0.717) is 12.8 Å². The summed E-state index contributed by atoms with van der Waals surface area (Å²) in [5.74, 6) is 4.45. The molecule has 1 amide bonds. The predicted octanol–water partition coefficient (Wildman–Crippen LogP) is 0.164. The smallest absolute Gasteiger partial charge is 0.239 e. The van der Waals surface area contributed by atoms with Gasteiger partial charge in [-0.1, -0.05) is 13.8 Å². The Hall–Kier alpha value is -0.610. The van der Waals surface area contributed by atoms with Crippen LogP contribution in [0.1, 0.15) is 33.1 Å². The maximum absolute atomic E-state index is 11.3. The first kappa shape index (κ1) is 10.5. The lowest BCUT2D eigenvalue weighted by molar-refractivity contribution is -0.132. The monoisotopic (exact) mass is 186 g/mol. The van der Waals surface area contributed by atoms with Crippen LogP contribution in [0.3, 0.4) is 0 Å². The normalized spacial score (nSPS) is 32.6. The summed E-state index contributed by atoms with van der Waals surface area (Å²) in [5, 5.41) is 9.59. The number of hydrogen-bond acceptors (Lipinski definition) is 3. The number of aliphatic hydroxyl groups is 1. The van der Waals surface area contributed by atoms with Gasteiger partial charge in [-0.2, -0.15) is 0 Å². The molecular weight excluding hydrogens is 168 g/mol. The molecule has 2 atom stereocenters. The van der Waals surface area contributed by atoms with Crippen LogP contribution in [0.25, 0.3) is 0 Å². The van der Waals surface area contributed by atoms with Crippen LogP contribution in [-0.4, -0.2) is 17.1 Å². The third kappa shape index (κ3) is 2.42. The number of amides is 1. The van der Waals surface area contributed by atoms with Crippen molar-refractivity contribution in [2.75, 3.05) is 0 Å². The second-order valence-electron chi connectivity index (χ2n) is 4.59. The van der Waals surface area contributed by atoms with E-state index in [2.05, 4.69) is 19.3 Å². The van der Waals surface area contributed by atoms with E-state index in [1.807, 2.05) is 0 Å². The van der Waals surface area contributed by atoms with Crippen LogP contribution in [-0.2, 0) is 4.79 Å². The zero-order chi connectivity index (χ0) is 10.1. The van der Waals surface area contributed by atoms with Gasteiger partial charge in [0.2, 0.25) is 5.91 Å². The van der Waals surface area contributed by atoms with E-state index in [0.717, 1.165) is 6.42 Å². The van der Waals surface area contributed by atoms with Gasteiger partial charge in [-0.25, -0.2) is 5.84 Å². The maximum Gasteiger partial charge on any atom is 0.239 e. The highest BCUT2D eigenvalue weighted by Crippen LogP contribution is 2.38. The maximum atomic E-state index is 11.3. The van der Waals surface area contributed by atoms with Crippen LogP contribution in [0, 0.1) is 11.3 Å². The summed E-state index contributed by atoms with van der Waals surface area (Å²) < 4.78 is 0. The summed E-state index contributed by atoms with van der Waals surface area (Å²) in [4.78, 5) is 11.3. The molecule has 0 aliphatic heterocycles. The van der Waals surface area contributed by atoms with E-state index in [-0.39, 0.29) is 17.2 Å². The molecule has 1 aliphatic rings. The van der Waals surface area contributed by atoms with Crippen molar-refractivity contribution in [1.82, 2.24) is 5.43 Å². The number of nitrogens with two attached hydrogens (primary N) is 1. The summed E-state index contributed by atoms with van der Waals surface area (Å²) in [6.45, 7) is 4.21. The minimum Gasteiger partial charge on any atom is -0.392 e. The zero-order valence-electron chi connectivity index (χ0n) is 8.21. The fourth-order valence-electron chi connectivity index (χ4n) is 1.95. The average molecular weight is 186 g/mol. The molecule has 4 N–H and O–H groups in total. The van der Waals surface area contributed by atoms with Crippen LogP contribution < -0.4 is 11.3 Å². The highest BCUT2D eigenvalue weighted by molar-refractivity contribution is 5.78. The summed E-state index contributed by atoms with van der Waals surface area (Å²) in [5.41, 5.74) is 2.24. The molecule has 0 saturated heterocycles. The Labute approximate surface area is 78.5 Å². The molecule has 0 aromatic carbocycles. The Bertz CT molecular complexity index is 204. The molecule has 1 rings (SSSR count). The van der Waals surface area contributed by atoms with Crippen molar-refractivity contribution >= 4 is 5.91 Å². The molecule has 1 aliphatic carbocycles. The summed E-state index contributed by atoms with van der Waals surface area (Å²) in [6, 6.07) is 0. The van der Waals surface area contributed by atoms with Crippen LogP contribution >= 0.6 is 0 Å². The van der Waals surface area contributed by atoms with Gasteiger partial charge in [0.15, 0.2) is 0 Å². The van der Waals surface area contributed by atoms with Crippen molar-refractivity contribution in [2.24, 2.45) is 17.2 Å². The lowest BCUT2D eigenvalue weighted by atomic mass is 9.70. The number of carbonyl (C=O) groups excluding carboxylic acids is 1. The summed E-state index contributed by atoms with van der Waals surface area (Å²) in [7, 11) is 0. The van der Waals surface area contributed by atoms with E-state index < -0.39 is 6.10 Å². The Morgan fingerprint density at radius 3 is 2.77 bits per heavy atom. The van der Waals surface area contributed by atoms with Gasteiger partial charge in [-0.3, -0.25) is 10.2 Å². The fourth-order valence-corrected chi connectivity index (χ4v) is 1.95. The quantitative estimate of drug-likeness (QED) is 0.310. The van der Waals surface area contributed by atoms with Gasteiger partial charge in [-0.15, -0.1) is 0 Å². The summed E-state index contributed by atoms with van der Waals surface area (Å²) in [6.07, 6.45) is 1.82. The van der Waals surface area contributed by atoms with Crippen molar-refractivity contribution in [1.29, 1.82) is 0 Å². The highest BCUT2D eigenvalue weighted by Gasteiger charge is 2.37. The molecule has 0 aromatic heterocycles. The largest absolute Gasteiger partial charge is 0.392 e. The van der Waals surface area contributed by atoms with Crippen molar-refractivity contribution < 1.29 is 9.90 Å². The van der Waals surface area contributed by atoms with Crippen LogP contribution in [0.4, 0.5) is 0 Å². The summed E-state index contributed by atoms with van der Waals surface area (Å²) >= 11 is 0. The number of carbonyl (C=O) groups is 1. The molecule has 4 nitrogen and oxygen atoms in total. The second-order valence-corrected chi connectivity index (χ2v) is 4.59. The molecule has 4 heteroatoms. The zero-order valence-corrected chi connectivity index (χ0v) is 8.21. The molecule has 76 valence electrons. The minimum absolute atomic E-state index is 0.135. The molecule has 0 unspecified atom stereocenters. The Kier molecular flexibility index (Phi) is 2.93. The van der Waals surface area contributed by atoms with Crippen molar-refractivity contribution in [3.8, 4) is 0 Å². The third-order valence-electron chi connectivity index (χ3n) is 2.83. The first-order valence-electron chi connectivity index (χ1n) is 4.65. The number of nitrogens with one attached hydrogen (secondary N) is 1. The third-order valence-corrected chi connectivity index (χ3v) is 2.83. The molecule has 0 heterocycles. The molecule has 1 fully saturated rings. The highest BCUT2D eigenvalue weighted by atomic mass is 16.3. The van der Waals surface area contributed by atoms with Crippen molar-refractivity contribution in [3.63, 3.8) is 0 Å². The van der Waals surface area contributed by atoms with Gasteiger partial charge in [0, 0.05) is 0 Å². The molecule has 0 aromatic rings. The van der Waals surface area contributed by atoms with Crippen LogP contribution in [0.5, 0.6) is 0 Å². The van der Waals surface area contributed by atoms with Gasteiger partial charge >= 0.3 is 0 Å². The van der Waals surface area contributed by atoms with Gasteiger partial charge in [0.05, 0.1) is 12.0 Å².